The first-order chi connectivity index (χ1) is 19.2. The van der Waals surface area contributed by atoms with E-state index >= 15 is 0 Å². The highest BCUT2D eigenvalue weighted by Gasteiger charge is 2.35. The van der Waals surface area contributed by atoms with Crippen LogP contribution in [0.25, 0.3) is 17.4 Å². The van der Waals surface area contributed by atoms with Crippen LogP contribution in [0.4, 0.5) is 5.69 Å². The van der Waals surface area contributed by atoms with Gasteiger partial charge in [-0.15, -0.1) is 0 Å². The lowest BCUT2D eigenvalue weighted by molar-refractivity contribution is -0.384. The molecule has 1 aliphatic rings. The summed E-state index contributed by atoms with van der Waals surface area (Å²) in [6.45, 7) is 5.43. The average Bonchev–Trinajstić information content (AvgIpc) is 3.52. The molecule has 0 spiro atoms. The van der Waals surface area contributed by atoms with Gasteiger partial charge in [-0.2, -0.15) is 0 Å². The van der Waals surface area contributed by atoms with Crippen molar-refractivity contribution in [1.82, 2.24) is 4.57 Å². The summed E-state index contributed by atoms with van der Waals surface area (Å²) in [5, 5.41) is 11.3. The lowest BCUT2D eigenvalue weighted by atomic mass is 9.95. The van der Waals surface area contributed by atoms with Gasteiger partial charge in [0.25, 0.3) is 11.2 Å². The zero-order valence-corrected chi connectivity index (χ0v) is 23.0. The number of aromatic nitrogens is 1. The van der Waals surface area contributed by atoms with Crippen LogP contribution < -0.4 is 19.6 Å². The summed E-state index contributed by atoms with van der Waals surface area (Å²) in [6.07, 6.45) is 1.60. The number of hydrogen-bond acceptors (Lipinski definition) is 9. The third kappa shape index (κ3) is 4.75. The number of esters is 1. The Morgan fingerprint density at radius 3 is 2.70 bits per heavy atom. The van der Waals surface area contributed by atoms with E-state index in [0.29, 0.717) is 43.4 Å². The maximum absolute atomic E-state index is 13.8. The van der Waals surface area contributed by atoms with Crippen molar-refractivity contribution in [2.45, 2.75) is 26.8 Å². The van der Waals surface area contributed by atoms with E-state index in [1.165, 1.54) is 35.1 Å². The Hall–Kier alpha value is -4.77. The summed E-state index contributed by atoms with van der Waals surface area (Å²) in [5.41, 5.74) is 2.31. The number of allylic oxidation sites excluding steroid dienone is 1. The fourth-order valence-electron chi connectivity index (χ4n) is 4.67. The van der Waals surface area contributed by atoms with Gasteiger partial charge in [-0.25, -0.2) is 9.79 Å². The van der Waals surface area contributed by atoms with Crippen molar-refractivity contribution >= 4 is 29.1 Å². The maximum Gasteiger partial charge on any atom is 0.338 e. The van der Waals surface area contributed by atoms with Gasteiger partial charge in [0.05, 0.1) is 34.4 Å². The molecule has 1 aliphatic heterocycles. The summed E-state index contributed by atoms with van der Waals surface area (Å²) in [5.74, 6) is 0.785. The Kier molecular flexibility index (Phi) is 7.22. The first-order valence-corrected chi connectivity index (χ1v) is 13.2. The molecule has 1 atom stereocenters. The zero-order valence-electron chi connectivity index (χ0n) is 22.2. The number of rotatable bonds is 7. The molecule has 0 unspecified atom stereocenters. The normalized spacial score (nSPS) is 15.0. The smallest absolute Gasteiger partial charge is 0.338 e. The SMILES string of the molecule is CCOC(=O)C1=C(C)N=c2s/c(=C/c3ccc(-c4cc([N+](=O)[O-])ccc4C)o3)c(=O)n2[C@@H]1c1ccccc1OC. The average molecular weight is 560 g/mol. The number of para-hydroxylation sites is 1. The number of thiazole rings is 1. The van der Waals surface area contributed by atoms with E-state index in [-0.39, 0.29) is 23.4 Å². The molecule has 0 saturated heterocycles. The van der Waals surface area contributed by atoms with Crippen LogP contribution in [0.2, 0.25) is 0 Å². The number of benzene rings is 2. The van der Waals surface area contributed by atoms with Crippen LogP contribution in [-0.4, -0.2) is 29.2 Å². The monoisotopic (exact) mass is 559 g/mol. The van der Waals surface area contributed by atoms with Crippen LogP contribution in [0.1, 0.15) is 36.8 Å². The molecule has 0 amide bonds. The van der Waals surface area contributed by atoms with E-state index in [4.69, 9.17) is 13.9 Å². The van der Waals surface area contributed by atoms with Crippen molar-refractivity contribution in [1.29, 1.82) is 0 Å². The number of carbonyl (C=O) groups is 1. The number of hydrogen-bond donors (Lipinski definition) is 0. The minimum absolute atomic E-state index is 0.0454. The quantitative estimate of drug-likeness (QED) is 0.188. The van der Waals surface area contributed by atoms with Gasteiger partial charge < -0.3 is 13.9 Å². The molecule has 0 N–H and O–H groups in total. The molecule has 11 heteroatoms. The van der Waals surface area contributed by atoms with Crippen molar-refractivity contribution in [3.8, 4) is 17.1 Å². The Labute approximate surface area is 232 Å². The molecule has 0 bridgehead atoms. The van der Waals surface area contributed by atoms with Gasteiger partial charge in [0.2, 0.25) is 0 Å². The number of aryl methyl sites for hydroxylation is 1. The first kappa shape index (κ1) is 26.8. The van der Waals surface area contributed by atoms with Gasteiger partial charge in [0.1, 0.15) is 23.3 Å². The van der Waals surface area contributed by atoms with Gasteiger partial charge in [-0.05, 0) is 44.5 Å². The van der Waals surface area contributed by atoms with Crippen molar-refractivity contribution < 1.29 is 23.6 Å². The Morgan fingerprint density at radius 2 is 1.98 bits per heavy atom. The van der Waals surface area contributed by atoms with Crippen molar-refractivity contribution in [2.75, 3.05) is 13.7 Å². The molecule has 10 nitrogen and oxygen atoms in total. The highest BCUT2D eigenvalue weighted by molar-refractivity contribution is 7.07. The molecule has 2 aromatic heterocycles. The van der Waals surface area contributed by atoms with Gasteiger partial charge in [0.15, 0.2) is 4.80 Å². The van der Waals surface area contributed by atoms with Crippen LogP contribution >= 0.6 is 11.3 Å². The maximum atomic E-state index is 13.8. The number of nitro benzene ring substituents is 1. The summed E-state index contributed by atoms with van der Waals surface area (Å²) in [6, 6.07) is 14.3. The molecular formula is C29H25N3O7S. The van der Waals surface area contributed by atoms with Crippen molar-refractivity contribution in [3.05, 3.63) is 113 Å². The summed E-state index contributed by atoms with van der Waals surface area (Å²) < 4.78 is 18.7. The van der Waals surface area contributed by atoms with Crippen LogP contribution in [0.5, 0.6) is 5.75 Å². The van der Waals surface area contributed by atoms with Crippen molar-refractivity contribution in [2.24, 2.45) is 4.99 Å². The van der Waals surface area contributed by atoms with Gasteiger partial charge in [0, 0.05) is 29.3 Å². The highest BCUT2D eigenvalue weighted by Crippen LogP contribution is 2.35. The zero-order chi connectivity index (χ0) is 28.6. The molecule has 204 valence electrons. The predicted octanol–water partition coefficient (Wildman–Crippen LogP) is 4.28. The largest absolute Gasteiger partial charge is 0.496 e. The third-order valence-electron chi connectivity index (χ3n) is 6.55. The molecule has 0 fully saturated rings. The molecule has 0 aliphatic carbocycles. The highest BCUT2D eigenvalue weighted by atomic mass is 32.1. The predicted molar refractivity (Wildman–Crippen MR) is 149 cm³/mol. The Bertz CT molecular complexity index is 1860. The van der Waals surface area contributed by atoms with Crippen LogP contribution in [0.15, 0.2) is 80.1 Å². The number of nitrogens with zero attached hydrogens (tertiary/aromatic N) is 3. The lowest BCUT2D eigenvalue weighted by Crippen LogP contribution is -2.40. The number of nitro groups is 1. The topological polar surface area (TPSA) is 126 Å². The molecule has 3 heterocycles. The first-order valence-electron chi connectivity index (χ1n) is 12.4. The number of carbonyl (C=O) groups excluding carboxylic acids is 1. The van der Waals surface area contributed by atoms with Gasteiger partial charge in [-0.3, -0.25) is 19.5 Å². The van der Waals surface area contributed by atoms with Gasteiger partial charge in [-0.1, -0.05) is 35.6 Å². The van der Waals surface area contributed by atoms with Crippen LogP contribution in [0, 0.1) is 17.0 Å². The molecule has 40 heavy (non-hydrogen) atoms. The van der Waals surface area contributed by atoms with E-state index < -0.39 is 16.9 Å². The van der Waals surface area contributed by atoms with E-state index in [9.17, 15) is 19.7 Å². The van der Waals surface area contributed by atoms with Crippen LogP contribution in [0.3, 0.4) is 0 Å². The second kappa shape index (κ2) is 10.8. The van der Waals surface area contributed by atoms with Gasteiger partial charge >= 0.3 is 5.97 Å². The second-order valence-electron chi connectivity index (χ2n) is 9.00. The number of non-ortho nitro benzene ring substituents is 1. The standard InChI is InChI=1S/C29H25N3O7S/c1-5-38-28(34)25-17(3)30-29-31(26(25)20-8-6-7-9-22(20)37-4)27(33)24(40-29)15-19-12-13-23(39-19)21-14-18(32(35)36)11-10-16(21)2/h6-15,26H,5H2,1-4H3/b24-15+/t26-/m1/s1. The minimum Gasteiger partial charge on any atom is -0.496 e. The van der Waals surface area contributed by atoms with E-state index in [1.54, 1.807) is 50.3 Å². The molecule has 5 rings (SSSR count). The number of fused-ring (bicyclic) bond motifs is 1. The summed E-state index contributed by atoms with van der Waals surface area (Å²) in [7, 11) is 1.53. The Morgan fingerprint density at radius 1 is 1.20 bits per heavy atom. The number of ether oxygens (including phenoxy) is 2. The summed E-state index contributed by atoms with van der Waals surface area (Å²) in [4.78, 5) is 42.7. The fraction of sp³-hybridized carbons (Fsp3) is 0.207. The van der Waals surface area contributed by atoms with Crippen LogP contribution in [-0.2, 0) is 9.53 Å². The molecule has 0 radical (unpaired) electrons. The molecular weight excluding hydrogens is 534 g/mol. The third-order valence-corrected chi connectivity index (χ3v) is 7.53. The second-order valence-corrected chi connectivity index (χ2v) is 10.0. The van der Waals surface area contributed by atoms with E-state index in [0.717, 1.165) is 5.56 Å². The van der Waals surface area contributed by atoms with E-state index in [2.05, 4.69) is 4.99 Å². The van der Waals surface area contributed by atoms with E-state index in [1.807, 2.05) is 19.1 Å². The number of furan rings is 1. The fourth-order valence-corrected chi connectivity index (χ4v) is 5.70. The molecule has 2 aromatic carbocycles. The molecule has 4 aromatic rings. The Balaban J connectivity index is 1.65. The number of methoxy groups -OCH3 is 1. The van der Waals surface area contributed by atoms with Crippen molar-refractivity contribution in [3.63, 3.8) is 0 Å². The summed E-state index contributed by atoms with van der Waals surface area (Å²) >= 11 is 1.17. The lowest BCUT2D eigenvalue weighted by Gasteiger charge is -2.25. The minimum atomic E-state index is -0.812. The molecule has 0 saturated carbocycles.